The summed E-state index contributed by atoms with van der Waals surface area (Å²) in [6.07, 6.45) is 3.09. The van der Waals surface area contributed by atoms with Gasteiger partial charge in [-0.3, -0.25) is 14.3 Å². The Morgan fingerprint density at radius 1 is 1.07 bits per heavy atom. The molecule has 154 valence electrons. The number of hydrogen-bond acceptors (Lipinski definition) is 5. The lowest BCUT2D eigenvalue weighted by Crippen LogP contribution is -2.13. The molecule has 30 heavy (non-hydrogen) atoms. The molecule has 10 heteroatoms. The third-order valence-electron chi connectivity index (χ3n) is 4.35. The average Bonchev–Trinajstić information content (AvgIpc) is 3.07. The summed E-state index contributed by atoms with van der Waals surface area (Å²) in [6, 6.07) is 13.2. The van der Waals surface area contributed by atoms with Crippen molar-refractivity contribution in [2.45, 2.75) is 11.8 Å². The van der Waals surface area contributed by atoms with E-state index in [0.717, 1.165) is 0 Å². The second kappa shape index (κ2) is 8.14. The number of nitrogens with one attached hydrogen (secondary N) is 1. The Kier molecular flexibility index (Phi) is 5.55. The maximum Gasteiger partial charge on any atom is 0.262 e. The van der Waals surface area contributed by atoms with Crippen molar-refractivity contribution >= 4 is 49.8 Å². The summed E-state index contributed by atoms with van der Waals surface area (Å²) in [5.41, 5.74) is 1.58. The molecule has 0 amide bonds. The molecule has 0 bridgehead atoms. The van der Waals surface area contributed by atoms with Crippen LogP contribution in [0.15, 0.2) is 66.0 Å². The molecule has 0 saturated heterocycles. The molecule has 2 aromatic carbocycles. The molecule has 0 radical (unpaired) electrons. The number of sulfonamides is 1. The van der Waals surface area contributed by atoms with Crippen LogP contribution in [0.5, 0.6) is 5.75 Å². The fourth-order valence-electron chi connectivity index (χ4n) is 3.02. The van der Waals surface area contributed by atoms with Crippen LogP contribution < -0.4 is 9.46 Å². The van der Waals surface area contributed by atoms with Crippen molar-refractivity contribution in [3.05, 3.63) is 71.4 Å². The number of benzene rings is 2. The SMILES string of the molecule is CCOc1ccc(S(=O)(=O)Nc2ccc(-n3cnc(Cl)c3Cl)cc2)c2cccnc12. The maximum absolute atomic E-state index is 13.1. The maximum atomic E-state index is 13.1. The van der Waals surface area contributed by atoms with Gasteiger partial charge in [-0.2, -0.15) is 0 Å². The van der Waals surface area contributed by atoms with E-state index in [4.69, 9.17) is 27.9 Å². The Bertz CT molecular complexity index is 1320. The van der Waals surface area contributed by atoms with Crippen LogP contribution in [0.3, 0.4) is 0 Å². The van der Waals surface area contributed by atoms with Gasteiger partial charge in [-0.25, -0.2) is 13.4 Å². The number of pyridine rings is 1. The van der Waals surface area contributed by atoms with Gasteiger partial charge in [-0.05, 0) is 55.5 Å². The summed E-state index contributed by atoms with van der Waals surface area (Å²) in [5.74, 6) is 0.535. The summed E-state index contributed by atoms with van der Waals surface area (Å²) in [6.45, 7) is 2.31. The monoisotopic (exact) mass is 462 g/mol. The van der Waals surface area contributed by atoms with Gasteiger partial charge in [0.25, 0.3) is 10.0 Å². The van der Waals surface area contributed by atoms with Gasteiger partial charge in [0.1, 0.15) is 17.6 Å². The predicted octanol–water partition coefficient (Wildman–Crippen LogP) is 4.93. The lowest BCUT2D eigenvalue weighted by atomic mass is 10.2. The Morgan fingerprint density at radius 3 is 2.50 bits per heavy atom. The van der Waals surface area contributed by atoms with Crippen molar-refractivity contribution in [2.24, 2.45) is 0 Å². The third-order valence-corrected chi connectivity index (χ3v) is 6.52. The fourth-order valence-corrected chi connectivity index (χ4v) is 4.60. The number of imidazole rings is 1. The number of fused-ring (bicyclic) bond motifs is 1. The van der Waals surface area contributed by atoms with Gasteiger partial charge in [0, 0.05) is 23.0 Å². The third kappa shape index (κ3) is 3.81. The van der Waals surface area contributed by atoms with E-state index in [0.29, 0.717) is 34.6 Å². The number of halogens is 2. The predicted molar refractivity (Wildman–Crippen MR) is 117 cm³/mol. The van der Waals surface area contributed by atoms with Crippen molar-refractivity contribution in [1.29, 1.82) is 0 Å². The van der Waals surface area contributed by atoms with Crippen LogP contribution in [0.4, 0.5) is 5.69 Å². The first kappa shape index (κ1) is 20.5. The van der Waals surface area contributed by atoms with Gasteiger partial charge in [0.2, 0.25) is 0 Å². The molecule has 4 rings (SSSR count). The molecule has 0 aliphatic heterocycles. The molecular formula is C20H16Cl2N4O3S. The number of nitrogens with zero attached hydrogens (tertiary/aromatic N) is 3. The molecule has 2 heterocycles. The van der Waals surface area contributed by atoms with Crippen LogP contribution in [-0.2, 0) is 10.0 Å². The summed E-state index contributed by atoms with van der Waals surface area (Å²) in [4.78, 5) is 8.33. The number of rotatable bonds is 6. The van der Waals surface area contributed by atoms with Gasteiger partial charge < -0.3 is 4.74 Å². The lowest BCUT2D eigenvalue weighted by molar-refractivity contribution is 0.343. The molecule has 0 spiro atoms. The number of hydrogen-bond donors (Lipinski definition) is 1. The molecule has 1 N–H and O–H groups in total. The zero-order valence-corrected chi connectivity index (χ0v) is 18.0. The highest BCUT2D eigenvalue weighted by Gasteiger charge is 2.20. The molecule has 2 aromatic heterocycles. The quantitative estimate of drug-likeness (QED) is 0.439. The van der Waals surface area contributed by atoms with Crippen LogP contribution in [0, 0.1) is 0 Å². The van der Waals surface area contributed by atoms with Crippen molar-refractivity contribution in [2.75, 3.05) is 11.3 Å². The highest BCUT2D eigenvalue weighted by Crippen LogP contribution is 2.31. The van der Waals surface area contributed by atoms with Gasteiger partial charge in [0.15, 0.2) is 10.3 Å². The van der Waals surface area contributed by atoms with Crippen LogP contribution in [0.2, 0.25) is 10.3 Å². The van der Waals surface area contributed by atoms with Crippen LogP contribution in [0.25, 0.3) is 16.6 Å². The minimum atomic E-state index is -3.87. The van der Waals surface area contributed by atoms with Gasteiger partial charge in [0.05, 0.1) is 11.5 Å². The molecule has 0 aliphatic carbocycles. The summed E-state index contributed by atoms with van der Waals surface area (Å²) >= 11 is 12.0. The summed E-state index contributed by atoms with van der Waals surface area (Å²) in [7, 11) is -3.87. The normalized spacial score (nSPS) is 11.6. The molecule has 0 fully saturated rings. The zero-order chi connectivity index (χ0) is 21.3. The summed E-state index contributed by atoms with van der Waals surface area (Å²) < 4.78 is 35.9. The van der Waals surface area contributed by atoms with E-state index < -0.39 is 10.0 Å². The lowest BCUT2D eigenvalue weighted by Gasteiger charge is -2.13. The van der Waals surface area contributed by atoms with Crippen LogP contribution in [-0.4, -0.2) is 29.6 Å². The van der Waals surface area contributed by atoms with E-state index in [9.17, 15) is 8.42 Å². The topological polar surface area (TPSA) is 86.1 Å². The molecule has 0 saturated carbocycles. The van der Waals surface area contributed by atoms with E-state index in [1.54, 1.807) is 53.2 Å². The van der Waals surface area contributed by atoms with Gasteiger partial charge >= 0.3 is 0 Å². The number of aromatic nitrogens is 3. The fraction of sp³-hybridized carbons (Fsp3) is 0.100. The van der Waals surface area contributed by atoms with E-state index in [-0.39, 0.29) is 15.2 Å². The smallest absolute Gasteiger partial charge is 0.262 e. The van der Waals surface area contributed by atoms with E-state index in [1.807, 2.05) is 6.92 Å². The summed E-state index contributed by atoms with van der Waals surface area (Å²) in [5, 5.41) is 0.947. The highest BCUT2D eigenvalue weighted by molar-refractivity contribution is 7.93. The Labute approximate surface area is 183 Å². The van der Waals surface area contributed by atoms with Crippen molar-refractivity contribution in [1.82, 2.24) is 14.5 Å². The second-order valence-electron chi connectivity index (χ2n) is 6.24. The minimum absolute atomic E-state index is 0.113. The molecule has 0 aliphatic rings. The molecular weight excluding hydrogens is 447 g/mol. The largest absolute Gasteiger partial charge is 0.492 e. The molecule has 4 aromatic rings. The Hall–Kier alpha value is -2.81. The van der Waals surface area contributed by atoms with E-state index in [1.165, 1.54) is 12.4 Å². The first-order valence-electron chi connectivity index (χ1n) is 8.93. The van der Waals surface area contributed by atoms with E-state index in [2.05, 4.69) is 14.7 Å². The van der Waals surface area contributed by atoms with Gasteiger partial charge in [-0.15, -0.1) is 0 Å². The molecule has 0 unspecified atom stereocenters. The number of ether oxygens (including phenoxy) is 1. The highest BCUT2D eigenvalue weighted by atomic mass is 35.5. The Balaban J connectivity index is 1.67. The first-order valence-corrected chi connectivity index (χ1v) is 11.2. The zero-order valence-electron chi connectivity index (χ0n) is 15.7. The second-order valence-corrected chi connectivity index (χ2v) is 8.61. The van der Waals surface area contributed by atoms with Crippen LogP contribution in [0.1, 0.15) is 6.92 Å². The van der Waals surface area contributed by atoms with Crippen molar-refractivity contribution < 1.29 is 13.2 Å². The Morgan fingerprint density at radius 2 is 1.83 bits per heavy atom. The molecule has 0 atom stereocenters. The molecule has 7 nitrogen and oxygen atoms in total. The first-order chi connectivity index (χ1) is 14.4. The van der Waals surface area contributed by atoms with Crippen LogP contribution >= 0.6 is 23.2 Å². The van der Waals surface area contributed by atoms with Gasteiger partial charge in [-0.1, -0.05) is 23.2 Å². The van der Waals surface area contributed by atoms with Crippen molar-refractivity contribution in [3.63, 3.8) is 0 Å². The van der Waals surface area contributed by atoms with Crippen molar-refractivity contribution in [3.8, 4) is 11.4 Å². The minimum Gasteiger partial charge on any atom is -0.492 e. The average molecular weight is 463 g/mol. The standard InChI is InChI=1S/C20H16Cl2N4O3S/c1-2-29-16-9-10-17(15-4-3-11-23-18(15)16)30(27,28)25-13-5-7-14(8-6-13)26-12-24-19(21)20(26)22/h3-12,25H,2H2,1H3. The van der Waals surface area contributed by atoms with E-state index >= 15 is 0 Å². The number of anilines is 1.